The molecule has 1 aliphatic heterocycles. The monoisotopic (exact) mass is 456 g/mol. The quantitative estimate of drug-likeness (QED) is 0.582. The molecule has 0 aromatic heterocycles. The Bertz CT molecular complexity index is 804. The van der Waals surface area contributed by atoms with Gasteiger partial charge in [-0.05, 0) is 74.2 Å². The van der Waals surface area contributed by atoms with E-state index < -0.39 is 12.1 Å². The molecule has 1 saturated heterocycles. The van der Waals surface area contributed by atoms with Crippen molar-refractivity contribution in [2.24, 2.45) is 5.92 Å². The summed E-state index contributed by atoms with van der Waals surface area (Å²) in [6, 6.07) is 5.15. The molecule has 2 fully saturated rings. The number of carbonyl (C=O) groups is 1. The van der Waals surface area contributed by atoms with E-state index in [9.17, 15) is 18.3 Å². The number of fused-ring (bicyclic) bond motifs is 1. The predicted octanol–water partition coefficient (Wildman–Crippen LogP) is 5.00. The van der Waals surface area contributed by atoms with E-state index in [-0.39, 0.29) is 0 Å². The summed E-state index contributed by atoms with van der Waals surface area (Å²) in [6.07, 6.45) is 4.94. The Balaban J connectivity index is 0.000000360. The van der Waals surface area contributed by atoms with Gasteiger partial charge in [0.05, 0.1) is 5.69 Å². The molecule has 1 saturated carbocycles. The van der Waals surface area contributed by atoms with Crippen molar-refractivity contribution < 1.29 is 28.2 Å². The van der Waals surface area contributed by atoms with Crippen molar-refractivity contribution in [3.63, 3.8) is 0 Å². The number of carboxylic acid groups (broad SMARTS) is 1. The first-order chi connectivity index (χ1) is 15.1. The van der Waals surface area contributed by atoms with Gasteiger partial charge in [-0.2, -0.15) is 13.2 Å². The summed E-state index contributed by atoms with van der Waals surface area (Å²) in [5, 5.41) is 21.9. The standard InChI is InChI=1S/C22H34N2O.C2HF3O2/c1-3-11-24(12-4-2)20-14-16-13-19-17-7-5-6-8-22(17,9-10-23-19)18(16)15-21(20)25;3-2(4,5)1(6)7/h14-15,17,19,23,25H,3-13H2,1-2H3;(H,6,7)/t17-,19+,22+;/m1./s1. The Morgan fingerprint density at radius 1 is 1.19 bits per heavy atom. The van der Waals surface area contributed by atoms with Crippen LogP contribution in [0.4, 0.5) is 18.9 Å². The molecule has 3 N–H and O–H groups in total. The molecule has 1 heterocycles. The third-order valence-corrected chi connectivity index (χ3v) is 7.31. The summed E-state index contributed by atoms with van der Waals surface area (Å²) < 4.78 is 31.7. The number of nitrogens with one attached hydrogen (secondary N) is 1. The van der Waals surface area contributed by atoms with E-state index in [1.165, 1.54) is 43.2 Å². The van der Waals surface area contributed by atoms with Gasteiger partial charge < -0.3 is 20.4 Å². The second-order valence-corrected chi connectivity index (χ2v) is 9.31. The average Bonchev–Trinajstić information content (AvgIpc) is 2.74. The molecule has 1 aromatic rings. The molecule has 2 bridgehead atoms. The van der Waals surface area contributed by atoms with Crippen molar-refractivity contribution in [3.05, 3.63) is 23.3 Å². The van der Waals surface area contributed by atoms with Crippen LogP contribution >= 0.6 is 0 Å². The minimum Gasteiger partial charge on any atom is -0.506 e. The van der Waals surface area contributed by atoms with Crippen LogP contribution in [0.15, 0.2) is 12.1 Å². The molecular weight excluding hydrogens is 421 g/mol. The zero-order chi connectivity index (χ0) is 23.5. The van der Waals surface area contributed by atoms with E-state index in [0.717, 1.165) is 50.5 Å². The largest absolute Gasteiger partial charge is 0.506 e. The number of phenolic OH excluding ortho intramolecular Hbond substituents is 1. The lowest BCUT2D eigenvalue weighted by atomic mass is 9.53. The van der Waals surface area contributed by atoms with Gasteiger partial charge in [-0.25, -0.2) is 4.79 Å². The topological polar surface area (TPSA) is 72.8 Å². The first-order valence-electron chi connectivity index (χ1n) is 11.8. The molecule has 3 atom stereocenters. The number of piperidine rings is 1. The molecule has 1 aromatic carbocycles. The van der Waals surface area contributed by atoms with Crippen molar-refractivity contribution >= 4 is 11.7 Å². The zero-order valence-corrected chi connectivity index (χ0v) is 19.0. The number of carboxylic acids is 1. The summed E-state index contributed by atoms with van der Waals surface area (Å²) in [5.41, 5.74) is 4.38. The Labute approximate surface area is 188 Å². The molecule has 0 radical (unpaired) electrons. The second-order valence-electron chi connectivity index (χ2n) is 9.31. The van der Waals surface area contributed by atoms with Gasteiger partial charge in [0, 0.05) is 24.5 Å². The zero-order valence-electron chi connectivity index (χ0n) is 19.0. The molecule has 0 spiro atoms. The Morgan fingerprint density at radius 2 is 1.84 bits per heavy atom. The number of aliphatic carboxylic acids is 1. The molecule has 3 aliphatic rings. The van der Waals surface area contributed by atoms with Crippen LogP contribution in [0, 0.1) is 5.92 Å². The number of nitrogens with zero attached hydrogens (tertiary/aromatic N) is 1. The van der Waals surface area contributed by atoms with Gasteiger partial charge in [-0.1, -0.05) is 26.7 Å². The highest BCUT2D eigenvalue weighted by Crippen LogP contribution is 2.55. The number of phenols is 1. The highest BCUT2D eigenvalue weighted by molar-refractivity contribution is 5.73. The average molecular weight is 457 g/mol. The number of benzene rings is 1. The summed E-state index contributed by atoms with van der Waals surface area (Å²) >= 11 is 0. The molecule has 0 unspecified atom stereocenters. The number of halogens is 3. The fraction of sp³-hybridized carbons (Fsp3) is 0.708. The molecule has 5 nitrogen and oxygen atoms in total. The van der Waals surface area contributed by atoms with E-state index in [1.54, 1.807) is 0 Å². The number of aromatic hydroxyl groups is 1. The van der Waals surface area contributed by atoms with E-state index in [2.05, 4.69) is 36.2 Å². The van der Waals surface area contributed by atoms with Gasteiger partial charge in [0.15, 0.2) is 0 Å². The van der Waals surface area contributed by atoms with Gasteiger partial charge in [-0.3, -0.25) is 0 Å². The van der Waals surface area contributed by atoms with Crippen LogP contribution < -0.4 is 10.2 Å². The molecule has 180 valence electrons. The Kier molecular flexibility index (Phi) is 7.63. The van der Waals surface area contributed by atoms with Crippen molar-refractivity contribution in [3.8, 4) is 5.75 Å². The molecule has 4 rings (SSSR count). The number of alkyl halides is 3. The van der Waals surface area contributed by atoms with Gasteiger partial charge >= 0.3 is 12.1 Å². The Hall–Kier alpha value is -1.96. The smallest absolute Gasteiger partial charge is 0.490 e. The van der Waals surface area contributed by atoms with Crippen molar-refractivity contribution in [1.82, 2.24) is 5.32 Å². The van der Waals surface area contributed by atoms with Crippen LogP contribution in [0.2, 0.25) is 0 Å². The lowest BCUT2D eigenvalue weighted by Crippen LogP contribution is -2.59. The molecule has 8 heteroatoms. The maximum absolute atomic E-state index is 10.9. The van der Waals surface area contributed by atoms with Gasteiger partial charge in [0.25, 0.3) is 0 Å². The fourth-order valence-corrected chi connectivity index (χ4v) is 6.10. The number of hydrogen-bond acceptors (Lipinski definition) is 4. The summed E-state index contributed by atoms with van der Waals surface area (Å²) in [4.78, 5) is 11.3. The van der Waals surface area contributed by atoms with Crippen LogP contribution in [0.3, 0.4) is 0 Å². The minimum atomic E-state index is -5.08. The summed E-state index contributed by atoms with van der Waals surface area (Å²) in [5.74, 6) is -1.47. The first-order valence-corrected chi connectivity index (χ1v) is 11.8. The van der Waals surface area contributed by atoms with Crippen LogP contribution in [0.1, 0.15) is 69.9 Å². The van der Waals surface area contributed by atoms with E-state index in [0.29, 0.717) is 17.2 Å². The van der Waals surface area contributed by atoms with Gasteiger partial charge in [0.2, 0.25) is 0 Å². The van der Waals surface area contributed by atoms with Crippen molar-refractivity contribution in [2.45, 2.75) is 82.8 Å². The second kappa shape index (κ2) is 9.89. The molecular formula is C24H35F3N2O3. The lowest BCUT2D eigenvalue weighted by molar-refractivity contribution is -0.192. The predicted molar refractivity (Wildman–Crippen MR) is 118 cm³/mol. The van der Waals surface area contributed by atoms with Gasteiger partial charge in [0.1, 0.15) is 5.75 Å². The number of rotatable bonds is 5. The van der Waals surface area contributed by atoms with E-state index in [1.807, 2.05) is 0 Å². The van der Waals surface area contributed by atoms with E-state index in [4.69, 9.17) is 9.90 Å². The third-order valence-electron chi connectivity index (χ3n) is 7.31. The molecule has 2 aliphatic carbocycles. The normalized spacial score (nSPS) is 26.3. The lowest BCUT2D eigenvalue weighted by Gasteiger charge is -2.56. The molecule has 0 amide bonds. The highest BCUT2D eigenvalue weighted by Gasteiger charge is 2.51. The van der Waals surface area contributed by atoms with Crippen molar-refractivity contribution in [2.75, 3.05) is 24.5 Å². The first kappa shape index (κ1) is 24.7. The van der Waals surface area contributed by atoms with E-state index >= 15 is 0 Å². The van der Waals surface area contributed by atoms with Crippen LogP contribution in [-0.2, 0) is 16.6 Å². The van der Waals surface area contributed by atoms with Crippen LogP contribution in [0.5, 0.6) is 5.75 Å². The summed E-state index contributed by atoms with van der Waals surface area (Å²) in [7, 11) is 0. The maximum atomic E-state index is 10.9. The highest BCUT2D eigenvalue weighted by atomic mass is 19.4. The maximum Gasteiger partial charge on any atom is 0.490 e. The van der Waals surface area contributed by atoms with Crippen LogP contribution in [0.25, 0.3) is 0 Å². The molecule has 32 heavy (non-hydrogen) atoms. The number of anilines is 1. The van der Waals surface area contributed by atoms with Gasteiger partial charge in [-0.15, -0.1) is 0 Å². The third kappa shape index (κ3) is 4.85. The summed E-state index contributed by atoms with van der Waals surface area (Å²) in [6.45, 7) is 7.63. The minimum absolute atomic E-state index is 0.331. The van der Waals surface area contributed by atoms with Crippen LogP contribution in [-0.4, -0.2) is 48.0 Å². The SMILES string of the molecule is CCCN(CCC)c1cc2c(cc1O)[C@]13CCCC[C@@H]1[C@H](C2)NCC3.O=C(O)C(F)(F)F. The Morgan fingerprint density at radius 3 is 2.44 bits per heavy atom. The number of hydrogen-bond donors (Lipinski definition) is 3. The van der Waals surface area contributed by atoms with Crippen molar-refractivity contribution in [1.29, 1.82) is 0 Å². The fourth-order valence-electron chi connectivity index (χ4n) is 6.10.